The van der Waals surface area contributed by atoms with E-state index in [1.165, 1.54) is 0 Å². The maximum atomic E-state index is 5.98. The normalized spacial score (nSPS) is 22.6. The van der Waals surface area contributed by atoms with Crippen molar-refractivity contribution in [1.29, 1.82) is 0 Å². The van der Waals surface area contributed by atoms with E-state index < -0.39 is 0 Å². The number of hydrogen-bond acceptors (Lipinski definition) is 6. The molecule has 0 spiro atoms. The molecule has 0 aliphatic carbocycles. The minimum atomic E-state index is -0.165. The molecule has 0 bridgehead atoms. The molecule has 0 aromatic carbocycles. The Labute approximate surface area is 114 Å². The first kappa shape index (κ1) is 14.4. The fourth-order valence-corrected chi connectivity index (χ4v) is 2.34. The summed E-state index contributed by atoms with van der Waals surface area (Å²) in [6, 6.07) is -0.165. The molecule has 1 aliphatic heterocycles. The first-order valence-electron chi connectivity index (χ1n) is 7.17. The molecule has 0 saturated carbocycles. The summed E-state index contributed by atoms with van der Waals surface area (Å²) in [5.74, 6) is 1.15. The van der Waals surface area contributed by atoms with E-state index in [2.05, 4.69) is 28.9 Å². The van der Waals surface area contributed by atoms with Gasteiger partial charge in [0.25, 0.3) is 0 Å². The number of ether oxygens (including phenoxy) is 1. The average Bonchev–Trinajstić information content (AvgIpc) is 2.89. The maximum absolute atomic E-state index is 5.98. The third-order valence-corrected chi connectivity index (χ3v) is 3.35. The van der Waals surface area contributed by atoms with Crippen molar-refractivity contribution in [1.82, 2.24) is 15.0 Å². The highest BCUT2D eigenvalue weighted by molar-refractivity contribution is 4.97. The second-order valence-corrected chi connectivity index (χ2v) is 5.05. The fraction of sp³-hybridized carbons (Fsp3) is 0.846. The van der Waals surface area contributed by atoms with E-state index in [0.717, 1.165) is 45.5 Å². The van der Waals surface area contributed by atoms with Gasteiger partial charge in [-0.2, -0.15) is 4.98 Å². The topological polar surface area (TPSA) is 77.4 Å². The Bertz CT molecular complexity index is 380. The summed E-state index contributed by atoms with van der Waals surface area (Å²) < 4.78 is 11.0. The van der Waals surface area contributed by atoms with Crippen LogP contribution in [0.4, 0.5) is 0 Å². The first-order valence-corrected chi connectivity index (χ1v) is 7.17. The lowest BCUT2D eigenvalue weighted by molar-refractivity contribution is -0.0350. The first-order chi connectivity index (χ1) is 9.24. The summed E-state index contributed by atoms with van der Waals surface area (Å²) in [7, 11) is 0. The Morgan fingerprint density at radius 3 is 3.00 bits per heavy atom. The molecule has 1 saturated heterocycles. The molecule has 19 heavy (non-hydrogen) atoms. The summed E-state index contributed by atoms with van der Waals surface area (Å²) in [6.45, 7) is 7.88. The molecule has 2 unspecified atom stereocenters. The highest BCUT2D eigenvalue weighted by Crippen LogP contribution is 2.22. The zero-order valence-corrected chi connectivity index (χ0v) is 11.8. The molecule has 2 heterocycles. The number of rotatable bonds is 6. The van der Waals surface area contributed by atoms with Crippen molar-refractivity contribution >= 4 is 0 Å². The quantitative estimate of drug-likeness (QED) is 0.845. The molecular weight excluding hydrogens is 244 g/mol. The van der Waals surface area contributed by atoms with Gasteiger partial charge in [0.05, 0.1) is 12.6 Å². The number of hydrogen-bond donors (Lipinski definition) is 1. The van der Waals surface area contributed by atoms with E-state index in [9.17, 15) is 0 Å². The highest BCUT2D eigenvalue weighted by Gasteiger charge is 2.26. The molecule has 108 valence electrons. The molecule has 1 aromatic rings. The van der Waals surface area contributed by atoms with Gasteiger partial charge in [-0.1, -0.05) is 25.4 Å². The van der Waals surface area contributed by atoms with Crippen LogP contribution in [0.1, 0.15) is 57.0 Å². The van der Waals surface area contributed by atoms with Gasteiger partial charge in [-0.05, 0) is 19.4 Å². The molecule has 2 N–H and O–H groups in total. The number of aromatic nitrogens is 2. The second kappa shape index (κ2) is 6.98. The number of nitrogens with two attached hydrogens (primary N) is 1. The largest absolute Gasteiger partial charge is 0.367 e. The van der Waals surface area contributed by atoms with Gasteiger partial charge in [-0.15, -0.1) is 0 Å². The summed E-state index contributed by atoms with van der Waals surface area (Å²) >= 11 is 0. The maximum Gasteiger partial charge on any atom is 0.243 e. The van der Waals surface area contributed by atoms with E-state index in [1.54, 1.807) is 0 Å². The number of nitrogens with zero attached hydrogens (tertiary/aromatic N) is 3. The van der Waals surface area contributed by atoms with Crippen LogP contribution in [0.25, 0.3) is 0 Å². The van der Waals surface area contributed by atoms with Gasteiger partial charge in [0.1, 0.15) is 6.10 Å². The van der Waals surface area contributed by atoms with E-state index in [4.69, 9.17) is 15.0 Å². The van der Waals surface area contributed by atoms with E-state index >= 15 is 0 Å². The molecular formula is C13H24N4O2. The van der Waals surface area contributed by atoms with Crippen LogP contribution < -0.4 is 5.73 Å². The molecule has 2 rings (SSSR count). The molecule has 6 heteroatoms. The van der Waals surface area contributed by atoms with Crippen LogP contribution in [0, 0.1) is 0 Å². The predicted octanol–water partition coefficient (Wildman–Crippen LogP) is 1.65. The van der Waals surface area contributed by atoms with E-state index in [-0.39, 0.29) is 12.1 Å². The Balaban J connectivity index is 1.97. The zero-order chi connectivity index (χ0) is 13.7. The zero-order valence-electron chi connectivity index (χ0n) is 11.8. The van der Waals surface area contributed by atoms with Gasteiger partial charge in [0.15, 0.2) is 0 Å². The van der Waals surface area contributed by atoms with Crippen molar-refractivity contribution in [3.05, 3.63) is 11.7 Å². The number of morpholine rings is 1. The van der Waals surface area contributed by atoms with Gasteiger partial charge < -0.3 is 15.0 Å². The standard InChI is InChI=1S/C13H24N4O2/c1-3-5-10(14)13-15-12(16-19-13)11-9-17(6-4-2)7-8-18-11/h10-11H,3-9,14H2,1-2H3. The summed E-state index contributed by atoms with van der Waals surface area (Å²) in [5.41, 5.74) is 5.98. The van der Waals surface area contributed by atoms with Crippen molar-refractivity contribution in [3.8, 4) is 0 Å². The van der Waals surface area contributed by atoms with Gasteiger partial charge >= 0.3 is 0 Å². The van der Waals surface area contributed by atoms with Crippen LogP contribution in [0.5, 0.6) is 0 Å². The van der Waals surface area contributed by atoms with Crippen LogP contribution in [0.3, 0.4) is 0 Å². The molecule has 1 aromatic heterocycles. The van der Waals surface area contributed by atoms with Crippen LogP contribution in [0.2, 0.25) is 0 Å². The summed E-state index contributed by atoms with van der Waals surface area (Å²) in [4.78, 5) is 6.76. The fourth-order valence-electron chi connectivity index (χ4n) is 2.34. The lowest BCUT2D eigenvalue weighted by Gasteiger charge is -2.30. The van der Waals surface area contributed by atoms with Crippen molar-refractivity contribution in [3.63, 3.8) is 0 Å². The van der Waals surface area contributed by atoms with Crippen LogP contribution in [0.15, 0.2) is 4.52 Å². The summed E-state index contributed by atoms with van der Waals surface area (Å²) in [6.07, 6.45) is 2.91. The monoisotopic (exact) mass is 268 g/mol. The average molecular weight is 268 g/mol. The van der Waals surface area contributed by atoms with Crippen molar-refractivity contribution in [2.24, 2.45) is 5.73 Å². The molecule has 0 radical (unpaired) electrons. The third kappa shape index (κ3) is 3.75. The molecule has 6 nitrogen and oxygen atoms in total. The van der Waals surface area contributed by atoms with Crippen LogP contribution in [-0.4, -0.2) is 41.3 Å². The summed E-state index contributed by atoms with van der Waals surface area (Å²) in [5, 5.41) is 4.02. The SMILES string of the molecule is CCCC(N)c1nc(C2CN(CCC)CCO2)no1. The van der Waals surface area contributed by atoms with Crippen LogP contribution >= 0.6 is 0 Å². The highest BCUT2D eigenvalue weighted by atomic mass is 16.5. The van der Waals surface area contributed by atoms with Crippen LogP contribution in [-0.2, 0) is 4.74 Å². The Morgan fingerprint density at radius 1 is 1.42 bits per heavy atom. The molecule has 1 fully saturated rings. The van der Waals surface area contributed by atoms with Gasteiger partial charge in [0.2, 0.25) is 11.7 Å². The minimum Gasteiger partial charge on any atom is -0.367 e. The second-order valence-electron chi connectivity index (χ2n) is 5.05. The Hall–Kier alpha value is -0.980. The minimum absolute atomic E-state index is 0.0911. The Morgan fingerprint density at radius 2 is 2.26 bits per heavy atom. The Kier molecular flexibility index (Phi) is 5.30. The van der Waals surface area contributed by atoms with Crippen molar-refractivity contribution in [2.45, 2.75) is 45.3 Å². The smallest absolute Gasteiger partial charge is 0.243 e. The molecule has 1 aliphatic rings. The van der Waals surface area contributed by atoms with E-state index in [1.807, 2.05) is 0 Å². The molecule has 0 amide bonds. The van der Waals surface area contributed by atoms with E-state index in [0.29, 0.717) is 11.7 Å². The predicted molar refractivity (Wildman–Crippen MR) is 71.6 cm³/mol. The lowest BCUT2D eigenvalue weighted by Crippen LogP contribution is -2.39. The van der Waals surface area contributed by atoms with Crippen molar-refractivity contribution < 1.29 is 9.26 Å². The lowest BCUT2D eigenvalue weighted by atomic mass is 10.2. The van der Waals surface area contributed by atoms with Crippen molar-refractivity contribution in [2.75, 3.05) is 26.2 Å². The molecule has 2 atom stereocenters. The van der Waals surface area contributed by atoms with Gasteiger partial charge in [-0.25, -0.2) is 0 Å². The third-order valence-electron chi connectivity index (χ3n) is 3.35. The van der Waals surface area contributed by atoms with Gasteiger partial charge in [0, 0.05) is 13.1 Å². The van der Waals surface area contributed by atoms with Gasteiger partial charge in [-0.3, -0.25) is 4.90 Å².